The second-order valence-electron chi connectivity index (χ2n) is 3.29. The number of rotatable bonds is 5. The summed E-state index contributed by atoms with van der Waals surface area (Å²) in [5, 5.41) is 0. The van der Waals surface area contributed by atoms with Gasteiger partial charge in [0.1, 0.15) is 17.4 Å². The molecule has 0 atom stereocenters. The van der Waals surface area contributed by atoms with Crippen molar-refractivity contribution in [2.45, 2.75) is 20.8 Å². The molecule has 1 rings (SSSR count). The highest BCUT2D eigenvalue weighted by Crippen LogP contribution is 2.19. The van der Waals surface area contributed by atoms with E-state index in [2.05, 4.69) is 4.89 Å². The molecule has 0 amide bonds. The average molecular weight is 223 g/mol. The lowest BCUT2D eigenvalue weighted by Crippen LogP contribution is -2.09. The van der Waals surface area contributed by atoms with Crippen LogP contribution < -0.4 is 4.74 Å². The summed E-state index contributed by atoms with van der Waals surface area (Å²) in [5.41, 5.74) is 0.352. The summed E-state index contributed by atoms with van der Waals surface area (Å²) >= 11 is 0. The highest BCUT2D eigenvalue weighted by molar-refractivity contribution is 5.92. The number of carbonyl (C=O) groups is 1. The molecule has 0 fully saturated rings. The number of carbonyl (C=O) groups excluding carboxylic acids is 1. The van der Waals surface area contributed by atoms with Crippen LogP contribution in [0.5, 0.6) is 5.75 Å². The van der Waals surface area contributed by atoms with Crippen molar-refractivity contribution >= 4 is 5.97 Å². The van der Waals surface area contributed by atoms with E-state index < -0.39 is 5.97 Å². The van der Waals surface area contributed by atoms with Gasteiger partial charge in [0.05, 0.1) is 6.61 Å². The van der Waals surface area contributed by atoms with Gasteiger partial charge in [-0.3, -0.25) is 4.89 Å². The fourth-order valence-corrected chi connectivity index (χ4v) is 1.08. The zero-order chi connectivity index (χ0) is 12.0. The third-order valence-corrected chi connectivity index (χ3v) is 1.69. The largest absolute Gasteiger partial charge is 0.493 e. The molecule has 0 unspecified atom stereocenters. The van der Waals surface area contributed by atoms with E-state index >= 15 is 0 Å². The van der Waals surface area contributed by atoms with Gasteiger partial charge in [-0.05, 0) is 32.9 Å². The van der Waals surface area contributed by atoms with E-state index in [1.165, 1.54) is 0 Å². The molecule has 0 aromatic heterocycles. The first kappa shape index (κ1) is 12.5. The maximum absolute atomic E-state index is 11.6. The summed E-state index contributed by atoms with van der Waals surface area (Å²) < 4.78 is 5.30. The first-order valence-corrected chi connectivity index (χ1v) is 5.06. The highest BCUT2D eigenvalue weighted by Gasteiger charge is 2.15. The number of ether oxygens (including phenoxy) is 1. The summed E-state index contributed by atoms with van der Waals surface area (Å²) in [6.45, 7) is 5.73. The number of hydrogen-bond acceptors (Lipinski definition) is 4. The van der Waals surface area contributed by atoms with Crippen molar-refractivity contribution in [3.63, 3.8) is 0 Å². The Bertz CT molecular complexity index is 347. The van der Waals surface area contributed by atoms with E-state index in [9.17, 15) is 4.79 Å². The van der Waals surface area contributed by atoms with Crippen molar-refractivity contribution in [1.82, 2.24) is 0 Å². The lowest BCUT2D eigenvalue weighted by Gasteiger charge is -2.09. The maximum Gasteiger partial charge on any atom is 0.376 e. The Morgan fingerprint density at radius 2 is 1.88 bits per heavy atom. The molecule has 87 valence electrons. The molecule has 0 aliphatic carbocycles. The fourth-order valence-electron chi connectivity index (χ4n) is 1.08. The summed E-state index contributed by atoms with van der Waals surface area (Å²) in [5.74, 6) is -0.0717. The van der Waals surface area contributed by atoms with Crippen LogP contribution in [0, 0.1) is 6.10 Å². The Labute approximate surface area is 95.1 Å². The van der Waals surface area contributed by atoms with Crippen LogP contribution in [0.4, 0.5) is 0 Å². The standard InChI is InChI=1S/C12H15O4/c1-4-14-11-8-6-5-7-10(11)12(13)16-15-9(2)3/h5-8H,4H2,1-3H3. The summed E-state index contributed by atoms with van der Waals surface area (Å²) in [7, 11) is 0. The van der Waals surface area contributed by atoms with Crippen molar-refractivity contribution in [1.29, 1.82) is 0 Å². The third kappa shape index (κ3) is 3.55. The van der Waals surface area contributed by atoms with Gasteiger partial charge in [-0.2, -0.15) is 4.89 Å². The molecule has 0 N–H and O–H groups in total. The van der Waals surface area contributed by atoms with Crippen molar-refractivity contribution in [3.05, 3.63) is 35.9 Å². The molecule has 4 nitrogen and oxygen atoms in total. The van der Waals surface area contributed by atoms with Crippen LogP contribution in [0.25, 0.3) is 0 Å². The molecule has 0 heterocycles. The molecule has 0 aliphatic heterocycles. The zero-order valence-corrected chi connectivity index (χ0v) is 9.65. The summed E-state index contributed by atoms with van der Waals surface area (Å²) in [4.78, 5) is 20.9. The van der Waals surface area contributed by atoms with Gasteiger partial charge in [0.2, 0.25) is 0 Å². The number of benzene rings is 1. The lowest BCUT2D eigenvalue weighted by molar-refractivity contribution is -0.229. The minimum absolute atomic E-state index is 0.352. The Hall–Kier alpha value is -1.55. The number of para-hydroxylation sites is 1. The molecular weight excluding hydrogens is 208 g/mol. The first-order valence-electron chi connectivity index (χ1n) is 5.06. The monoisotopic (exact) mass is 223 g/mol. The van der Waals surface area contributed by atoms with Gasteiger partial charge in [0.25, 0.3) is 0 Å². The topological polar surface area (TPSA) is 44.8 Å². The molecule has 0 saturated carbocycles. The molecule has 0 spiro atoms. The van der Waals surface area contributed by atoms with Gasteiger partial charge in [-0.15, -0.1) is 0 Å². The van der Waals surface area contributed by atoms with E-state index in [1.54, 1.807) is 38.1 Å². The van der Waals surface area contributed by atoms with E-state index in [-0.39, 0.29) is 0 Å². The van der Waals surface area contributed by atoms with Gasteiger partial charge in [-0.1, -0.05) is 12.1 Å². The average Bonchev–Trinajstić information content (AvgIpc) is 2.27. The first-order chi connectivity index (χ1) is 7.65. The van der Waals surface area contributed by atoms with Crippen LogP contribution in [0.1, 0.15) is 31.1 Å². The van der Waals surface area contributed by atoms with Crippen LogP contribution in [0.2, 0.25) is 0 Å². The second kappa shape index (κ2) is 6.12. The van der Waals surface area contributed by atoms with Crippen molar-refractivity contribution in [2.24, 2.45) is 0 Å². The molecule has 1 aromatic rings. The Kier molecular flexibility index (Phi) is 4.79. The number of hydrogen-bond donors (Lipinski definition) is 0. The van der Waals surface area contributed by atoms with Crippen molar-refractivity contribution < 1.29 is 19.3 Å². The minimum Gasteiger partial charge on any atom is -0.493 e. The third-order valence-electron chi connectivity index (χ3n) is 1.69. The molecule has 0 bridgehead atoms. The van der Waals surface area contributed by atoms with E-state index in [0.29, 0.717) is 24.0 Å². The van der Waals surface area contributed by atoms with Crippen molar-refractivity contribution in [3.8, 4) is 5.75 Å². The molecule has 1 aromatic carbocycles. The highest BCUT2D eigenvalue weighted by atomic mass is 17.2. The fraction of sp³-hybridized carbons (Fsp3) is 0.333. The lowest BCUT2D eigenvalue weighted by atomic mass is 10.2. The summed E-state index contributed by atoms with van der Waals surface area (Å²) in [6.07, 6.45) is 0.558. The van der Waals surface area contributed by atoms with Crippen molar-refractivity contribution in [2.75, 3.05) is 6.61 Å². The predicted molar refractivity (Wildman–Crippen MR) is 58.7 cm³/mol. The normalized spacial score (nSPS) is 10.2. The molecule has 16 heavy (non-hydrogen) atoms. The Morgan fingerprint density at radius 1 is 1.19 bits per heavy atom. The quantitative estimate of drug-likeness (QED) is 0.568. The molecular formula is C12H15O4. The Balaban J connectivity index is 2.73. The smallest absolute Gasteiger partial charge is 0.376 e. The minimum atomic E-state index is -0.565. The SMILES string of the molecule is CCOc1ccccc1C(=O)OO[C](C)C. The maximum atomic E-state index is 11.6. The predicted octanol–water partition coefficient (Wildman–Crippen LogP) is 2.75. The van der Waals surface area contributed by atoms with Gasteiger partial charge >= 0.3 is 5.97 Å². The zero-order valence-electron chi connectivity index (χ0n) is 9.65. The van der Waals surface area contributed by atoms with Gasteiger partial charge in [0.15, 0.2) is 0 Å². The van der Waals surface area contributed by atoms with Crippen LogP contribution >= 0.6 is 0 Å². The summed E-state index contributed by atoms with van der Waals surface area (Å²) in [6, 6.07) is 6.87. The molecule has 0 aliphatic rings. The molecule has 0 saturated heterocycles. The van der Waals surface area contributed by atoms with Gasteiger partial charge < -0.3 is 4.74 Å². The van der Waals surface area contributed by atoms with Gasteiger partial charge in [0, 0.05) is 0 Å². The van der Waals surface area contributed by atoms with E-state index in [4.69, 9.17) is 9.62 Å². The second-order valence-corrected chi connectivity index (χ2v) is 3.29. The molecule has 4 heteroatoms. The van der Waals surface area contributed by atoms with Gasteiger partial charge in [-0.25, -0.2) is 4.79 Å². The van der Waals surface area contributed by atoms with E-state index in [0.717, 1.165) is 0 Å². The Morgan fingerprint density at radius 3 is 2.50 bits per heavy atom. The van der Waals surface area contributed by atoms with Crippen LogP contribution in [-0.4, -0.2) is 12.6 Å². The molecule has 1 radical (unpaired) electrons. The van der Waals surface area contributed by atoms with Crippen LogP contribution in [0.15, 0.2) is 24.3 Å². The van der Waals surface area contributed by atoms with Crippen LogP contribution in [0.3, 0.4) is 0 Å². The van der Waals surface area contributed by atoms with Crippen LogP contribution in [-0.2, 0) is 9.78 Å². The van der Waals surface area contributed by atoms with E-state index in [1.807, 2.05) is 6.92 Å².